The number of esters is 2. The summed E-state index contributed by atoms with van der Waals surface area (Å²) in [6.07, 6.45) is -1.48. The van der Waals surface area contributed by atoms with E-state index in [1.165, 1.54) is 13.8 Å². The molecule has 0 spiro atoms. The van der Waals surface area contributed by atoms with Crippen LogP contribution >= 0.6 is 0 Å². The number of amides is 2. The van der Waals surface area contributed by atoms with Crippen molar-refractivity contribution >= 4 is 34.9 Å². The maximum Gasteiger partial charge on any atom is 0.412 e. The maximum atomic E-state index is 12.3. The van der Waals surface area contributed by atoms with Gasteiger partial charge in [0.05, 0.1) is 13.1 Å². The van der Waals surface area contributed by atoms with Gasteiger partial charge in [0.15, 0.2) is 0 Å². The van der Waals surface area contributed by atoms with Crippen molar-refractivity contribution < 1.29 is 38.1 Å². The third kappa shape index (κ3) is 8.18. The van der Waals surface area contributed by atoms with E-state index in [1.807, 2.05) is 0 Å². The Kier molecular flexibility index (Phi) is 9.83. The Morgan fingerprint density at radius 2 is 1.29 bits per heavy atom. The van der Waals surface area contributed by atoms with Gasteiger partial charge >= 0.3 is 24.1 Å². The van der Waals surface area contributed by atoms with E-state index >= 15 is 0 Å². The van der Waals surface area contributed by atoms with Gasteiger partial charge in [-0.1, -0.05) is 37.4 Å². The number of benzene rings is 2. The standard InChI is InChI=1S/C25H28N2O8/c1-15(2)22(28)32-12-10-26-24(30)34-20-14-17(5)21(19-9-7-6-8-18(19)20)35-25(31)27-11-13-33-23(29)16(3)4/h6-9,14H,1,3,10-13H2,2,4-5H3,(H,26,30)(H,27,31). The van der Waals surface area contributed by atoms with Gasteiger partial charge in [-0.2, -0.15) is 0 Å². The minimum atomic E-state index is -0.739. The molecule has 0 saturated carbocycles. The molecule has 0 heterocycles. The zero-order valence-corrected chi connectivity index (χ0v) is 19.9. The molecule has 0 bridgehead atoms. The highest BCUT2D eigenvalue weighted by atomic mass is 16.6. The summed E-state index contributed by atoms with van der Waals surface area (Å²) in [5.74, 6) is -0.547. The highest BCUT2D eigenvalue weighted by Crippen LogP contribution is 2.36. The zero-order chi connectivity index (χ0) is 26.0. The molecule has 0 aliphatic rings. The van der Waals surface area contributed by atoms with Gasteiger partial charge < -0.3 is 29.6 Å². The van der Waals surface area contributed by atoms with Crippen molar-refractivity contribution in [2.75, 3.05) is 26.3 Å². The fourth-order valence-electron chi connectivity index (χ4n) is 2.77. The molecule has 2 aromatic carbocycles. The molecule has 0 aliphatic heterocycles. The first-order chi connectivity index (χ1) is 16.6. The molecule has 35 heavy (non-hydrogen) atoms. The van der Waals surface area contributed by atoms with E-state index in [0.29, 0.717) is 16.3 Å². The summed E-state index contributed by atoms with van der Waals surface area (Å²) >= 11 is 0. The molecule has 2 aromatic rings. The number of aryl methyl sites for hydroxylation is 1. The number of nitrogens with one attached hydrogen (secondary N) is 2. The SMILES string of the molecule is C=C(C)C(=O)OCCNC(=O)Oc1cc(C)c(OC(=O)NCCOC(=O)C(=C)C)c2ccccc12. The molecule has 0 fully saturated rings. The molecular formula is C25H28N2O8. The molecule has 0 unspecified atom stereocenters. The van der Waals surface area contributed by atoms with Crippen molar-refractivity contribution in [1.29, 1.82) is 0 Å². The lowest BCUT2D eigenvalue weighted by atomic mass is 10.0. The predicted molar refractivity (Wildman–Crippen MR) is 128 cm³/mol. The largest absolute Gasteiger partial charge is 0.460 e. The van der Waals surface area contributed by atoms with Crippen LogP contribution in [-0.4, -0.2) is 50.4 Å². The van der Waals surface area contributed by atoms with Gasteiger partial charge in [0.1, 0.15) is 24.7 Å². The van der Waals surface area contributed by atoms with Crippen LogP contribution in [0, 0.1) is 6.92 Å². The Balaban J connectivity index is 2.01. The summed E-state index contributed by atoms with van der Waals surface area (Å²) in [4.78, 5) is 47.2. The molecule has 0 radical (unpaired) electrons. The quantitative estimate of drug-likeness (QED) is 0.298. The number of carbonyl (C=O) groups excluding carboxylic acids is 4. The van der Waals surface area contributed by atoms with Crippen LogP contribution in [0.15, 0.2) is 54.6 Å². The monoisotopic (exact) mass is 484 g/mol. The molecule has 0 atom stereocenters. The van der Waals surface area contributed by atoms with Crippen molar-refractivity contribution in [3.8, 4) is 11.5 Å². The summed E-state index contributed by atoms with van der Waals surface area (Å²) in [5.41, 5.74) is 1.07. The van der Waals surface area contributed by atoms with Gasteiger partial charge in [-0.3, -0.25) is 0 Å². The van der Waals surface area contributed by atoms with Crippen molar-refractivity contribution in [3.05, 3.63) is 60.2 Å². The Labute approximate surface area is 202 Å². The van der Waals surface area contributed by atoms with E-state index in [9.17, 15) is 19.2 Å². The lowest BCUT2D eigenvalue weighted by Crippen LogP contribution is -2.31. The van der Waals surface area contributed by atoms with Gasteiger partial charge in [0.25, 0.3) is 0 Å². The first-order valence-corrected chi connectivity index (χ1v) is 10.7. The normalized spacial score (nSPS) is 10.1. The Hall–Kier alpha value is -4.34. The molecule has 2 N–H and O–H groups in total. The molecule has 2 rings (SSSR count). The molecule has 10 nitrogen and oxygen atoms in total. The third-order valence-electron chi connectivity index (χ3n) is 4.45. The van der Waals surface area contributed by atoms with Crippen LogP contribution in [0.4, 0.5) is 9.59 Å². The van der Waals surface area contributed by atoms with Crippen LogP contribution in [0.1, 0.15) is 19.4 Å². The van der Waals surface area contributed by atoms with Gasteiger partial charge in [0.2, 0.25) is 0 Å². The third-order valence-corrected chi connectivity index (χ3v) is 4.45. The molecule has 186 valence electrons. The van der Waals surface area contributed by atoms with E-state index in [-0.39, 0.29) is 48.9 Å². The molecular weight excluding hydrogens is 456 g/mol. The smallest absolute Gasteiger partial charge is 0.412 e. The van der Waals surface area contributed by atoms with Crippen LogP contribution < -0.4 is 20.1 Å². The van der Waals surface area contributed by atoms with Gasteiger partial charge in [-0.15, -0.1) is 0 Å². The minimum absolute atomic E-state index is 0.0329. The Bertz CT molecular complexity index is 1160. The highest BCUT2D eigenvalue weighted by molar-refractivity contribution is 5.97. The van der Waals surface area contributed by atoms with Crippen molar-refractivity contribution in [2.45, 2.75) is 20.8 Å². The van der Waals surface area contributed by atoms with Crippen LogP contribution in [0.5, 0.6) is 11.5 Å². The van der Waals surface area contributed by atoms with E-state index in [1.54, 1.807) is 37.3 Å². The lowest BCUT2D eigenvalue weighted by Gasteiger charge is -2.15. The molecule has 0 aliphatic carbocycles. The molecule has 10 heteroatoms. The lowest BCUT2D eigenvalue weighted by molar-refractivity contribution is -0.139. The summed E-state index contributed by atoms with van der Waals surface area (Å²) in [6, 6.07) is 8.51. The topological polar surface area (TPSA) is 129 Å². The van der Waals surface area contributed by atoms with Crippen LogP contribution in [0.2, 0.25) is 0 Å². The van der Waals surface area contributed by atoms with Crippen molar-refractivity contribution in [2.24, 2.45) is 0 Å². The second-order valence-electron chi connectivity index (χ2n) is 7.53. The van der Waals surface area contributed by atoms with Crippen molar-refractivity contribution in [1.82, 2.24) is 10.6 Å². The van der Waals surface area contributed by atoms with E-state index in [4.69, 9.17) is 18.9 Å². The second kappa shape index (κ2) is 12.8. The summed E-state index contributed by atoms with van der Waals surface area (Å²) < 4.78 is 20.7. The molecule has 0 saturated heterocycles. The predicted octanol–water partition coefficient (Wildman–Crippen LogP) is 3.56. The molecule has 0 aromatic heterocycles. The first kappa shape index (κ1) is 26.9. The van der Waals surface area contributed by atoms with E-state index in [0.717, 1.165) is 0 Å². The molecule has 2 amide bonds. The van der Waals surface area contributed by atoms with Gasteiger partial charge in [-0.05, 0) is 32.4 Å². The average molecular weight is 485 g/mol. The second-order valence-corrected chi connectivity index (χ2v) is 7.53. The van der Waals surface area contributed by atoms with Crippen LogP contribution in [-0.2, 0) is 19.1 Å². The minimum Gasteiger partial charge on any atom is -0.460 e. The fourth-order valence-corrected chi connectivity index (χ4v) is 2.77. The Morgan fingerprint density at radius 3 is 1.80 bits per heavy atom. The number of hydrogen-bond donors (Lipinski definition) is 2. The zero-order valence-electron chi connectivity index (χ0n) is 19.9. The number of carbonyl (C=O) groups is 4. The number of rotatable bonds is 10. The first-order valence-electron chi connectivity index (χ1n) is 10.7. The maximum absolute atomic E-state index is 12.3. The number of fused-ring (bicyclic) bond motifs is 1. The fraction of sp³-hybridized carbons (Fsp3) is 0.280. The number of hydrogen-bond acceptors (Lipinski definition) is 8. The van der Waals surface area contributed by atoms with Crippen LogP contribution in [0.25, 0.3) is 10.8 Å². The highest BCUT2D eigenvalue weighted by Gasteiger charge is 2.17. The van der Waals surface area contributed by atoms with Crippen LogP contribution in [0.3, 0.4) is 0 Å². The van der Waals surface area contributed by atoms with Gasteiger partial charge in [-0.25, -0.2) is 19.2 Å². The Morgan fingerprint density at radius 1 is 0.800 bits per heavy atom. The summed E-state index contributed by atoms with van der Waals surface area (Å²) in [5, 5.41) is 6.09. The van der Waals surface area contributed by atoms with Crippen molar-refractivity contribution in [3.63, 3.8) is 0 Å². The summed E-state index contributed by atoms with van der Waals surface area (Å²) in [7, 11) is 0. The van der Waals surface area contributed by atoms with E-state index < -0.39 is 24.1 Å². The van der Waals surface area contributed by atoms with Gasteiger partial charge in [0, 0.05) is 21.9 Å². The number of ether oxygens (including phenoxy) is 4. The summed E-state index contributed by atoms with van der Waals surface area (Å²) in [6.45, 7) is 11.7. The average Bonchev–Trinajstić information content (AvgIpc) is 2.81. The van der Waals surface area contributed by atoms with E-state index in [2.05, 4.69) is 23.8 Å².